The molecule has 1 aromatic carbocycles. The summed E-state index contributed by atoms with van der Waals surface area (Å²) >= 11 is 0. The van der Waals surface area contributed by atoms with Gasteiger partial charge in [0, 0.05) is 0 Å². The van der Waals surface area contributed by atoms with Crippen molar-refractivity contribution >= 4 is 10.1 Å². The summed E-state index contributed by atoms with van der Waals surface area (Å²) in [5, 5.41) is 0. The third kappa shape index (κ3) is 5.19. The molecule has 1 aromatic rings. The summed E-state index contributed by atoms with van der Waals surface area (Å²) in [5.74, 6) is 1.09. The molecule has 0 N–H and O–H groups in total. The van der Waals surface area contributed by atoms with Crippen LogP contribution in [0.4, 0.5) is 0 Å². The fourth-order valence-electron chi connectivity index (χ4n) is 1.21. The van der Waals surface area contributed by atoms with Gasteiger partial charge in [-0.1, -0.05) is 26.0 Å². The Morgan fingerprint density at radius 3 is 2.24 bits per heavy atom. The van der Waals surface area contributed by atoms with Crippen molar-refractivity contribution in [2.45, 2.75) is 19.6 Å². The van der Waals surface area contributed by atoms with Crippen molar-refractivity contribution < 1.29 is 17.3 Å². The van der Waals surface area contributed by atoms with Crippen molar-refractivity contribution in [2.24, 2.45) is 5.92 Å². The lowest BCUT2D eigenvalue weighted by molar-refractivity contribution is 0.271. The van der Waals surface area contributed by atoms with Crippen LogP contribution in [0.3, 0.4) is 0 Å². The molecule has 5 heteroatoms. The summed E-state index contributed by atoms with van der Waals surface area (Å²) in [4.78, 5) is 0. The molecule has 0 amide bonds. The first-order valence-electron chi connectivity index (χ1n) is 5.43. The topological polar surface area (TPSA) is 52.6 Å². The zero-order valence-corrected chi connectivity index (χ0v) is 11.2. The number of hydrogen-bond donors (Lipinski definition) is 0. The summed E-state index contributed by atoms with van der Waals surface area (Å²) < 4.78 is 32.3. The van der Waals surface area contributed by atoms with Gasteiger partial charge in [-0.3, -0.25) is 4.18 Å². The zero-order valence-electron chi connectivity index (χ0n) is 10.3. The molecule has 0 aliphatic heterocycles. The van der Waals surface area contributed by atoms with Crippen molar-refractivity contribution in [3.05, 3.63) is 29.8 Å². The number of rotatable bonds is 6. The Labute approximate surface area is 103 Å². The fourth-order valence-corrected chi connectivity index (χ4v) is 1.93. The molecule has 0 atom stereocenters. The lowest BCUT2D eigenvalue weighted by atomic mass is 10.2. The van der Waals surface area contributed by atoms with E-state index in [1.165, 1.54) is 0 Å². The van der Waals surface area contributed by atoms with Crippen molar-refractivity contribution in [1.82, 2.24) is 0 Å². The summed E-state index contributed by atoms with van der Waals surface area (Å²) in [6.45, 7) is 4.79. The minimum Gasteiger partial charge on any atom is -0.493 e. The quantitative estimate of drug-likeness (QED) is 0.734. The minimum atomic E-state index is -3.45. The average Bonchev–Trinajstić information content (AvgIpc) is 2.28. The average molecular weight is 258 g/mol. The van der Waals surface area contributed by atoms with Gasteiger partial charge in [-0.15, -0.1) is 0 Å². The van der Waals surface area contributed by atoms with Crippen molar-refractivity contribution in [2.75, 3.05) is 13.7 Å². The third-order valence-corrected chi connectivity index (χ3v) is 3.30. The molecule has 0 saturated heterocycles. The van der Waals surface area contributed by atoms with E-state index >= 15 is 0 Å². The van der Waals surface area contributed by atoms with Gasteiger partial charge in [0.15, 0.2) is 0 Å². The van der Waals surface area contributed by atoms with E-state index in [9.17, 15) is 8.42 Å². The van der Waals surface area contributed by atoms with Crippen LogP contribution >= 0.6 is 0 Å². The molecule has 0 bridgehead atoms. The molecule has 0 aliphatic carbocycles. The second kappa shape index (κ2) is 6.02. The second-order valence-electron chi connectivity index (χ2n) is 4.22. The lowest BCUT2D eigenvalue weighted by Crippen LogP contribution is -2.06. The zero-order chi connectivity index (χ0) is 12.9. The Morgan fingerprint density at radius 2 is 1.76 bits per heavy atom. The van der Waals surface area contributed by atoms with Crippen LogP contribution in [-0.2, 0) is 20.1 Å². The van der Waals surface area contributed by atoms with Crippen molar-refractivity contribution in [3.8, 4) is 5.75 Å². The molecule has 0 radical (unpaired) electrons. The molecule has 17 heavy (non-hydrogen) atoms. The molecular formula is C12H18O4S. The second-order valence-corrected chi connectivity index (χ2v) is 5.95. The highest BCUT2D eigenvalue weighted by atomic mass is 32.2. The smallest absolute Gasteiger partial charge is 0.271 e. The first kappa shape index (κ1) is 14.0. The SMILES string of the molecule is COS(=O)(=O)Cc1ccc(OCC(C)C)cc1. The summed E-state index contributed by atoms with van der Waals surface area (Å²) in [5.41, 5.74) is 0.684. The molecule has 0 saturated carbocycles. The first-order valence-corrected chi connectivity index (χ1v) is 7.00. The molecular weight excluding hydrogens is 240 g/mol. The van der Waals surface area contributed by atoms with Gasteiger partial charge in [-0.05, 0) is 23.6 Å². The third-order valence-electron chi connectivity index (χ3n) is 2.10. The van der Waals surface area contributed by atoms with E-state index in [-0.39, 0.29) is 5.75 Å². The van der Waals surface area contributed by atoms with Gasteiger partial charge < -0.3 is 4.74 Å². The number of hydrogen-bond acceptors (Lipinski definition) is 4. The molecule has 0 spiro atoms. The van der Waals surface area contributed by atoms with Crippen LogP contribution in [0.2, 0.25) is 0 Å². The monoisotopic (exact) mass is 258 g/mol. The highest BCUT2D eigenvalue weighted by Gasteiger charge is 2.09. The van der Waals surface area contributed by atoms with Crippen LogP contribution in [0.25, 0.3) is 0 Å². The van der Waals surface area contributed by atoms with Gasteiger partial charge in [0.25, 0.3) is 10.1 Å². The standard InChI is InChI=1S/C12H18O4S/c1-10(2)8-16-12-6-4-11(5-7-12)9-17(13,14)15-3/h4-7,10H,8-9H2,1-3H3. The van der Waals surface area contributed by atoms with E-state index < -0.39 is 10.1 Å². The molecule has 4 nitrogen and oxygen atoms in total. The Hall–Kier alpha value is -1.07. The van der Waals surface area contributed by atoms with E-state index in [2.05, 4.69) is 18.0 Å². The Kier molecular flexibility index (Phi) is 4.96. The van der Waals surface area contributed by atoms with E-state index in [4.69, 9.17) is 4.74 Å². The normalized spacial score (nSPS) is 11.8. The maximum absolute atomic E-state index is 11.2. The summed E-state index contributed by atoms with van der Waals surface area (Å²) in [7, 11) is -2.29. The van der Waals surface area contributed by atoms with Crippen LogP contribution in [-0.4, -0.2) is 22.1 Å². The maximum atomic E-state index is 11.2. The molecule has 0 heterocycles. The van der Waals surface area contributed by atoms with E-state index in [1.807, 2.05) is 0 Å². The number of ether oxygens (including phenoxy) is 1. The largest absolute Gasteiger partial charge is 0.493 e. The molecule has 0 fully saturated rings. The van der Waals surface area contributed by atoms with Gasteiger partial charge in [0.2, 0.25) is 0 Å². The van der Waals surface area contributed by atoms with Crippen LogP contribution in [0, 0.1) is 5.92 Å². The number of benzene rings is 1. The predicted octanol–water partition coefficient (Wildman–Crippen LogP) is 2.20. The van der Waals surface area contributed by atoms with E-state index in [0.29, 0.717) is 18.1 Å². The van der Waals surface area contributed by atoms with Crippen molar-refractivity contribution in [3.63, 3.8) is 0 Å². The van der Waals surface area contributed by atoms with Gasteiger partial charge in [0.1, 0.15) is 11.5 Å². The Bertz CT molecular complexity index is 434. The predicted molar refractivity (Wildman–Crippen MR) is 66.4 cm³/mol. The minimum absolute atomic E-state index is 0.117. The van der Waals surface area contributed by atoms with Gasteiger partial charge in [-0.25, -0.2) is 0 Å². The molecule has 1 rings (SSSR count). The van der Waals surface area contributed by atoms with Crippen LogP contribution < -0.4 is 4.74 Å². The Morgan fingerprint density at radius 1 is 1.18 bits per heavy atom. The highest BCUT2D eigenvalue weighted by molar-refractivity contribution is 7.85. The molecule has 96 valence electrons. The van der Waals surface area contributed by atoms with Crippen LogP contribution in [0.5, 0.6) is 5.75 Å². The fraction of sp³-hybridized carbons (Fsp3) is 0.500. The van der Waals surface area contributed by atoms with Crippen LogP contribution in [0.15, 0.2) is 24.3 Å². The maximum Gasteiger partial charge on any atom is 0.271 e. The van der Waals surface area contributed by atoms with Crippen molar-refractivity contribution in [1.29, 1.82) is 0 Å². The highest BCUT2D eigenvalue weighted by Crippen LogP contribution is 2.15. The summed E-state index contributed by atoms with van der Waals surface area (Å²) in [6, 6.07) is 6.99. The lowest BCUT2D eigenvalue weighted by Gasteiger charge is -2.09. The Balaban J connectivity index is 2.62. The van der Waals surface area contributed by atoms with E-state index in [0.717, 1.165) is 12.9 Å². The molecule has 0 aromatic heterocycles. The molecule has 0 aliphatic rings. The van der Waals surface area contributed by atoms with Gasteiger partial charge >= 0.3 is 0 Å². The van der Waals surface area contributed by atoms with Gasteiger partial charge in [-0.2, -0.15) is 8.42 Å². The first-order chi connectivity index (χ1) is 7.93. The van der Waals surface area contributed by atoms with E-state index in [1.54, 1.807) is 24.3 Å². The molecule has 0 unspecified atom stereocenters. The summed E-state index contributed by atoms with van der Waals surface area (Å²) in [6.07, 6.45) is 0. The van der Waals surface area contributed by atoms with Gasteiger partial charge in [0.05, 0.1) is 13.7 Å². The van der Waals surface area contributed by atoms with Crippen LogP contribution in [0.1, 0.15) is 19.4 Å².